The van der Waals surface area contributed by atoms with Crippen LogP contribution in [0.1, 0.15) is 35.9 Å². The SMILES string of the molecule is C=CCCCC(NC)c1snnc1C. The first-order chi connectivity index (χ1) is 6.79. The molecule has 0 amide bonds. The van der Waals surface area contributed by atoms with E-state index in [0.717, 1.165) is 25.0 Å². The lowest BCUT2D eigenvalue weighted by molar-refractivity contribution is 0.535. The van der Waals surface area contributed by atoms with E-state index in [4.69, 9.17) is 0 Å². The molecule has 1 unspecified atom stereocenters. The summed E-state index contributed by atoms with van der Waals surface area (Å²) in [5.41, 5.74) is 1.05. The highest BCUT2D eigenvalue weighted by Crippen LogP contribution is 2.23. The third-order valence-electron chi connectivity index (χ3n) is 2.25. The number of unbranched alkanes of at least 4 members (excludes halogenated alkanes) is 1. The second kappa shape index (κ2) is 5.88. The summed E-state index contributed by atoms with van der Waals surface area (Å²) in [6.07, 6.45) is 5.31. The molecule has 4 heteroatoms. The number of aryl methyl sites for hydroxylation is 1. The lowest BCUT2D eigenvalue weighted by atomic mass is 10.1. The number of nitrogens with one attached hydrogen (secondary N) is 1. The van der Waals surface area contributed by atoms with Crippen molar-refractivity contribution in [2.45, 2.75) is 32.2 Å². The van der Waals surface area contributed by atoms with E-state index in [-0.39, 0.29) is 0 Å². The molecule has 0 fully saturated rings. The minimum atomic E-state index is 0.398. The smallest absolute Gasteiger partial charge is 0.0772 e. The van der Waals surface area contributed by atoms with Crippen LogP contribution >= 0.6 is 11.5 Å². The Balaban J connectivity index is 2.54. The van der Waals surface area contributed by atoms with Crippen LogP contribution in [0.2, 0.25) is 0 Å². The van der Waals surface area contributed by atoms with Crippen molar-refractivity contribution in [2.24, 2.45) is 0 Å². The minimum Gasteiger partial charge on any atom is -0.312 e. The normalized spacial score (nSPS) is 12.7. The Morgan fingerprint density at radius 2 is 2.43 bits per heavy atom. The van der Waals surface area contributed by atoms with Crippen molar-refractivity contribution >= 4 is 11.5 Å². The summed E-state index contributed by atoms with van der Waals surface area (Å²) in [6, 6.07) is 0.398. The van der Waals surface area contributed by atoms with Gasteiger partial charge in [0.15, 0.2) is 0 Å². The van der Waals surface area contributed by atoms with Gasteiger partial charge >= 0.3 is 0 Å². The monoisotopic (exact) mass is 211 g/mol. The minimum absolute atomic E-state index is 0.398. The van der Waals surface area contributed by atoms with Gasteiger partial charge in [-0.1, -0.05) is 10.6 Å². The van der Waals surface area contributed by atoms with Crippen molar-refractivity contribution in [3.8, 4) is 0 Å². The summed E-state index contributed by atoms with van der Waals surface area (Å²) in [6.45, 7) is 5.73. The number of aromatic nitrogens is 2. The standard InChI is InChI=1S/C10H17N3S/c1-4-5-6-7-9(11-3)10-8(2)12-13-14-10/h4,9,11H,1,5-7H2,2-3H3. The number of hydrogen-bond acceptors (Lipinski definition) is 4. The van der Waals surface area contributed by atoms with Gasteiger partial charge in [-0.3, -0.25) is 0 Å². The highest BCUT2D eigenvalue weighted by Gasteiger charge is 2.14. The molecule has 0 radical (unpaired) electrons. The van der Waals surface area contributed by atoms with Crippen LogP contribution in [-0.4, -0.2) is 16.6 Å². The summed E-state index contributed by atoms with van der Waals surface area (Å²) in [5, 5.41) is 7.32. The van der Waals surface area contributed by atoms with Crippen LogP contribution in [0.3, 0.4) is 0 Å². The van der Waals surface area contributed by atoms with Gasteiger partial charge in [0, 0.05) is 6.04 Å². The fraction of sp³-hybridized carbons (Fsp3) is 0.600. The van der Waals surface area contributed by atoms with E-state index in [2.05, 4.69) is 21.5 Å². The highest BCUT2D eigenvalue weighted by molar-refractivity contribution is 7.05. The quantitative estimate of drug-likeness (QED) is 0.580. The van der Waals surface area contributed by atoms with Gasteiger partial charge in [-0.05, 0) is 44.8 Å². The number of hydrogen-bond donors (Lipinski definition) is 1. The van der Waals surface area contributed by atoms with Crippen LogP contribution < -0.4 is 5.32 Å². The van der Waals surface area contributed by atoms with Gasteiger partial charge in [0.05, 0.1) is 10.6 Å². The molecule has 0 aliphatic carbocycles. The van der Waals surface area contributed by atoms with E-state index in [1.54, 1.807) is 0 Å². The lowest BCUT2D eigenvalue weighted by Gasteiger charge is -2.13. The lowest BCUT2D eigenvalue weighted by Crippen LogP contribution is -2.15. The number of allylic oxidation sites excluding steroid dienone is 1. The van der Waals surface area contributed by atoms with Gasteiger partial charge in [-0.25, -0.2) is 0 Å². The molecule has 0 bridgehead atoms. The van der Waals surface area contributed by atoms with Gasteiger partial charge in [-0.15, -0.1) is 11.7 Å². The van der Waals surface area contributed by atoms with Crippen LogP contribution in [-0.2, 0) is 0 Å². The molecule has 0 saturated heterocycles. The van der Waals surface area contributed by atoms with Crippen LogP contribution in [0, 0.1) is 6.92 Å². The van der Waals surface area contributed by atoms with E-state index in [0.29, 0.717) is 6.04 Å². The molecule has 0 aliphatic heterocycles. The molecular weight excluding hydrogens is 194 g/mol. The fourth-order valence-electron chi connectivity index (χ4n) is 1.43. The molecule has 1 rings (SSSR count). The molecule has 0 saturated carbocycles. The van der Waals surface area contributed by atoms with Crippen LogP contribution in [0.4, 0.5) is 0 Å². The molecule has 14 heavy (non-hydrogen) atoms. The summed E-state index contributed by atoms with van der Waals surface area (Å²) >= 11 is 1.49. The summed E-state index contributed by atoms with van der Waals surface area (Å²) < 4.78 is 3.95. The second-order valence-electron chi connectivity index (χ2n) is 3.28. The van der Waals surface area contributed by atoms with Gasteiger partial charge in [0.2, 0.25) is 0 Å². The Morgan fingerprint density at radius 1 is 1.64 bits per heavy atom. The van der Waals surface area contributed by atoms with E-state index >= 15 is 0 Å². The molecule has 0 spiro atoms. The Labute approximate surface area is 89.4 Å². The number of rotatable bonds is 6. The van der Waals surface area contributed by atoms with Gasteiger partial charge in [-0.2, -0.15) is 0 Å². The zero-order valence-electron chi connectivity index (χ0n) is 8.79. The Hall–Kier alpha value is -0.740. The van der Waals surface area contributed by atoms with Gasteiger partial charge in [0.25, 0.3) is 0 Å². The Bertz CT molecular complexity index is 283. The maximum absolute atomic E-state index is 4.02. The van der Waals surface area contributed by atoms with Crippen molar-refractivity contribution in [2.75, 3.05) is 7.05 Å². The highest BCUT2D eigenvalue weighted by atomic mass is 32.1. The molecule has 1 aromatic rings. The zero-order chi connectivity index (χ0) is 10.4. The maximum atomic E-state index is 4.02. The Morgan fingerprint density at radius 3 is 2.93 bits per heavy atom. The molecule has 1 N–H and O–H groups in total. The molecule has 1 heterocycles. The fourth-order valence-corrected chi connectivity index (χ4v) is 2.22. The average molecular weight is 211 g/mol. The van der Waals surface area contributed by atoms with E-state index in [1.165, 1.54) is 16.4 Å². The summed E-state index contributed by atoms with van der Waals surface area (Å²) in [4.78, 5) is 1.26. The van der Waals surface area contributed by atoms with Crippen LogP contribution in [0.25, 0.3) is 0 Å². The molecule has 1 aromatic heterocycles. The molecule has 0 aromatic carbocycles. The van der Waals surface area contributed by atoms with Crippen LogP contribution in [0.5, 0.6) is 0 Å². The first-order valence-corrected chi connectivity index (χ1v) is 5.64. The van der Waals surface area contributed by atoms with E-state index in [1.807, 2.05) is 20.0 Å². The van der Waals surface area contributed by atoms with Gasteiger partial charge in [0.1, 0.15) is 0 Å². The summed E-state index contributed by atoms with van der Waals surface area (Å²) in [7, 11) is 1.98. The third-order valence-corrected chi connectivity index (χ3v) is 3.19. The van der Waals surface area contributed by atoms with Crippen LogP contribution in [0.15, 0.2) is 12.7 Å². The maximum Gasteiger partial charge on any atom is 0.0772 e. The topological polar surface area (TPSA) is 37.8 Å². The molecule has 78 valence electrons. The molecular formula is C10H17N3S. The predicted octanol–water partition coefficient (Wildman–Crippen LogP) is 2.46. The van der Waals surface area contributed by atoms with Crippen molar-refractivity contribution < 1.29 is 0 Å². The first kappa shape index (κ1) is 11.3. The molecule has 3 nitrogen and oxygen atoms in total. The van der Waals surface area contributed by atoms with Crippen molar-refractivity contribution in [3.63, 3.8) is 0 Å². The van der Waals surface area contributed by atoms with Crippen molar-refractivity contribution in [1.29, 1.82) is 0 Å². The third kappa shape index (κ3) is 2.89. The first-order valence-electron chi connectivity index (χ1n) is 4.86. The van der Waals surface area contributed by atoms with Crippen molar-refractivity contribution in [3.05, 3.63) is 23.2 Å². The second-order valence-corrected chi connectivity index (χ2v) is 4.07. The van der Waals surface area contributed by atoms with E-state index in [9.17, 15) is 0 Å². The predicted molar refractivity (Wildman–Crippen MR) is 60.5 cm³/mol. The largest absolute Gasteiger partial charge is 0.312 e. The zero-order valence-corrected chi connectivity index (χ0v) is 9.60. The molecule has 1 atom stereocenters. The van der Waals surface area contributed by atoms with Crippen molar-refractivity contribution in [1.82, 2.24) is 14.9 Å². The average Bonchev–Trinajstić information content (AvgIpc) is 2.60. The number of nitrogens with zero attached hydrogens (tertiary/aromatic N) is 2. The molecule has 0 aliphatic rings. The van der Waals surface area contributed by atoms with Gasteiger partial charge < -0.3 is 5.32 Å². The Kier molecular flexibility index (Phi) is 4.76. The summed E-state index contributed by atoms with van der Waals surface area (Å²) in [5.74, 6) is 0. The van der Waals surface area contributed by atoms with E-state index < -0.39 is 0 Å².